The van der Waals surface area contributed by atoms with Crippen molar-refractivity contribution in [2.75, 3.05) is 0 Å². The molecule has 0 fully saturated rings. The van der Waals surface area contributed by atoms with Gasteiger partial charge in [0.2, 0.25) is 0 Å². The number of rotatable bonds is 7. The van der Waals surface area contributed by atoms with Crippen molar-refractivity contribution < 1.29 is 15.0 Å². The van der Waals surface area contributed by atoms with Gasteiger partial charge in [-0.05, 0) is 12.8 Å². The molecule has 0 radical (unpaired) electrons. The fourth-order valence-electron chi connectivity index (χ4n) is 1.16. The Morgan fingerprint density at radius 1 is 1.31 bits per heavy atom. The van der Waals surface area contributed by atoms with Gasteiger partial charge in [-0.25, -0.2) is 4.79 Å². The number of nitrogens with one attached hydrogen (secondary N) is 1. The smallest absolute Gasteiger partial charge is 0.406 e. The standard InChI is InChI=1S/C9H19NO3/c1-2-3-4-5-6-7-8(11)10-9(12)13/h8,10-11H,2-7H2,1H3,(H,12,13). The van der Waals surface area contributed by atoms with Crippen LogP contribution in [0.4, 0.5) is 4.79 Å². The number of aliphatic hydroxyl groups excluding tert-OH is 1. The van der Waals surface area contributed by atoms with E-state index in [-0.39, 0.29) is 0 Å². The second-order valence-electron chi connectivity index (χ2n) is 3.17. The summed E-state index contributed by atoms with van der Waals surface area (Å²) in [5.74, 6) is 0. The van der Waals surface area contributed by atoms with Gasteiger partial charge in [0, 0.05) is 0 Å². The van der Waals surface area contributed by atoms with Crippen LogP contribution in [0.25, 0.3) is 0 Å². The lowest BCUT2D eigenvalue weighted by atomic mass is 10.1. The summed E-state index contributed by atoms with van der Waals surface area (Å²) in [6, 6.07) is 0. The summed E-state index contributed by atoms with van der Waals surface area (Å²) >= 11 is 0. The van der Waals surface area contributed by atoms with E-state index in [2.05, 4.69) is 6.92 Å². The third-order valence-corrected chi connectivity index (χ3v) is 1.87. The predicted molar refractivity (Wildman–Crippen MR) is 50.5 cm³/mol. The molecule has 0 aliphatic heterocycles. The number of hydrogen-bond donors (Lipinski definition) is 3. The second-order valence-corrected chi connectivity index (χ2v) is 3.17. The quantitative estimate of drug-likeness (QED) is 0.423. The predicted octanol–water partition coefficient (Wildman–Crippen LogP) is 1.93. The largest absolute Gasteiger partial charge is 0.465 e. The van der Waals surface area contributed by atoms with Crippen molar-refractivity contribution in [2.24, 2.45) is 0 Å². The van der Waals surface area contributed by atoms with Gasteiger partial charge in [-0.1, -0.05) is 32.6 Å². The average Bonchev–Trinajstić information content (AvgIpc) is 2.02. The second kappa shape index (κ2) is 7.86. The molecule has 0 aromatic carbocycles. The number of unbranched alkanes of at least 4 members (excludes halogenated alkanes) is 4. The van der Waals surface area contributed by atoms with E-state index in [9.17, 15) is 4.79 Å². The molecule has 0 aliphatic rings. The Morgan fingerprint density at radius 3 is 2.46 bits per heavy atom. The molecule has 0 rings (SSSR count). The fraction of sp³-hybridized carbons (Fsp3) is 0.889. The summed E-state index contributed by atoms with van der Waals surface area (Å²) in [6.07, 6.45) is 3.94. The summed E-state index contributed by atoms with van der Waals surface area (Å²) in [5, 5.41) is 19.3. The zero-order valence-electron chi connectivity index (χ0n) is 8.12. The van der Waals surface area contributed by atoms with Crippen LogP contribution in [0.1, 0.15) is 45.4 Å². The van der Waals surface area contributed by atoms with Crippen LogP contribution < -0.4 is 5.32 Å². The molecule has 0 aliphatic carbocycles. The summed E-state index contributed by atoms with van der Waals surface area (Å²) in [7, 11) is 0. The van der Waals surface area contributed by atoms with Crippen molar-refractivity contribution in [2.45, 2.75) is 51.7 Å². The molecule has 1 unspecified atom stereocenters. The molecule has 4 heteroatoms. The summed E-state index contributed by atoms with van der Waals surface area (Å²) < 4.78 is 0. The van der Waals surface area contributed by atoms with Crippen LogP contribution in [0.5, 0.6) is 0 Å². The Bertz CT molecular complexity index is 139. The monoisotopic (exact) mass is 189 g/mol. The molecule has 0 spiro atoms. The summed E-state index contributed by atoms with van der Waals surface area (Å²) in [6.45, 7) is 2.14. The molecule has 4 nitrogen and oxygen atoms in total. The first-order valence-corrected chi connectivity index (χ1v) is 4.84. The van der Waals surface area contributed by atoms with Crippen LogP contribution in [-0.2, 0) is 0 Å². The van der Waals surface area contributed by atoms with Crippen molar-refractivity contribution in [3.63, 3.8) is 0 Å². The minimum absolute atomic E-state index is 0.510. The zero-order valence-corrected chi connectivity index (χ0v) is 8.12. The molecule has 0 saturated heterocycles. The highest BCUT2D eigenvalue weighted by Crippen LogP contribution is 2.05. The van der Waals surface area contributed by atoms with Crippen LogP contribution in [0.2, 0.25) is 0 Å². The van der Waals surface area contributed by atoms with Gasteiger partial charge >= 0.3 is 6.09 Å². The van der Waals surface area contributed by atoms with Gasteiger partial charge < -0.3 is 10.2 Å². The highest BCUT2D eigenvalue weighted by molar-refractivity contribution is 5.64. The van der Waals surface area contributed by atoms with Gasteiger partial charge in [0.15, 0.2) is 0 Å². The first-order chi connectivity index (χ1) is 6.16. The molecule has 13 heavy (non-hydrogen) atoms. The van der Waals surface area contributed by atoms with E-state index in [1.54, 1.807) is 0 Å². The molecule has 0 heterocycles. The maximum Gasteiger partial charge on any atom is 0.406 e. The van der Waals surface area contributed by atoms with E-state index in [1.165, 1.54) is 12.8 Å². The fourth-order valence-corrected chi connectivity index (χ4v) is 1.16. The Hall–Kier alpha value is -0.770. The molecule has 3 N–H and O–H groups in total. The topological polar surface area (TPSA) is 69.6 Å². The van der Waals surface area contributed by atoms with Gasteiger partial charge in [-0.15, -0.1) is 0 Å². The van der Waals surface area contributed by atoms with Crippen molar-refractivity contribution in [3.8, 4) is 0 Å². The number of hydrogen-bond acceptors (Lipinski definition) is 2. The van der Waals surface area contributed by atoms with Crippen molar-refractivity contribution in [1.29, 1.82) is 0 Å². The zero-order chi connectivity index (χ0) is 10.1. The van der Waals surface area contributed by atoms with Crippen molar-refractivity contribution >= 4 is 6.09 Å². The number of carbonyl (C=O) groups is 1. The maximum absolute atomic E-state index is 10.1. The molecule has 0 aromatic rings. The number of carboxylic acid groups (broad SMARTS) is 1. The lowest BCUT2D eigenvalue weighted by molar-refractivity contribution is 0.112. The molecule has 0 saturated carbocycles. The number of amides is 1. The van der Waals surface area contributed by atoms with E-state index in [4.69, 9.17) is 10.2 Å². The molecule has 0 bridgehead atoms. The first kappa shape index (κ1) is 12.2. The van der Waals surface area contributed by atoms with Crippen LogP contribution in [-0.4, -0.2) is 22.5 Å². The molecule has 1 amide bonds. The molecular weight excluding hydrogens is 170 g/mol. The van der Waals surface area contributed by atoms with Gasteiger partial charge in [-0.2, -0.15) is 0 Å². The van der Waals surface area contributed by atoms with E-state index < -0.39 is 12.3 Å². The van der Waals surface area contributed by atoms with Crippen molar-refractivity contribution in [3.05, 3.63) is 0 Å². The van der Waals surface area contributed by atoms with E-state index >= 15 is 0 Å². The van der Waals surface area contributed by atoms with E-state index in [0.29, 0.717) is 6.42 Å². The highest BCUT2D eigenvalue weighted by atomic mass is 16.4. The van der Waals surface area contributed by atoms with E-state index in [1.807, 2.05) is 5.32 Å². The molecule has 78 valence electrons. The third kappa shape index (κ3) is 9.14. The Morgan fingerprint density at radius 2 is 1.92 bits per heavy atom. The normalized spacial score (nSPS) is 12.5. The van der Waals surface area contributed by atoms with Crippen LogP contribution >= 0.6 is 0 Å². The van der Waals surface area contributed by atoms with Crippen LogP contribution in [0.15, 0.2) is 0 Å². The number of aliphatic hydroxyl groups is 1. The Kier molecular flexibility index (Phi) is 7.39. The van der Waals surface area contributed by atoms with Gasteiger partial charge in [-0.3, -0.25) is 5.32 Å². The average molecular weight is 189 g/mol. The molecule has 1 atom stereocenters. The third-order valence-electron chi connectivity index (χ3n) is 1.87. The molecule has 0 aromatic heterocycles. The Labute approximate surface area is 79.0 Å². The maximum atomic E-state index is 10.1. The summed E-state index contributed by atoms with van der Waals surface area (Å²) in [4.78, 5) is 10.1. The van der Waals surface area contributed by atoms with Gasteiger partial charge in [0.25, 0.3) is 0 Å². The molecular formula is C9H19NO3. The first-order valence-electron chi connectivity index (χ1n) is 4.84. The van der Waals surface area contributed by atoms with Gasteiger partial charge in [0.05, 0.1) is 0 Å². The minimum Gasteiger partial charge on any atom is -0.465 e. The van der Waals surface area contributed by atoms with E-state index in [0.717, 1.165) is 19.3 Å². The van der Waals surface area contributed by atoms with Gasteiger partial charge in [0.1, 0.15) is 6.23 Å². The van der Waals surface area contributed by atoms with Crippen LogP contribution in [0, 0.1) is 0 Å². The minimum atomic E-state index is -1.17. The van der Waals surface area contributed by atoms with Crippen molar-refractivity contribution in [1.82, 2.24) is 5.32 Å². The SMILES string of the molecule is CCCCCCCC(O)NC(=O)O. The van der Waals surface area contributed by atoms with Crippen LogP contribution in [0.3, 0.4) is 0 Å². The lowest BCUT2D eigenvalue weighted by Gasteiger charge is -2.09. The Balaban J connectivity index is 3.17. The summed E-state index contributed by atoms with van der Waals surface area (Å²) in [5.41, 5.74) is 0. The lowest BCUT2D eigenvalue weighted by Crippen LogP contribution is -2.33. The highest BCUT2D eigenvalue weighted by Gasteiger charge is 2.05.